The second-order valence-corrected chi connectivity index (χ2v) is 5.63. The fourth-order valence-corrected chi connectivity index (χ4v) is 2.37. The molecule has 138 valence electrons. The van der Waals surface area contributed by atoms with E-state index in [1.54, 1.807) is 26.3 Å². The third-order valence-corrected chi connectivity index (χ3v) is 3.82. The molecule has 0 atom stereocenters. The number of para-hydroxylation sites is 2. The van der Waals surface area contributed by atoms with E-state index >= 15 is 0 Å². The van der Waals surface area contributed by atoms with Crippen molar-refractivity contribution in [3.8, 4) is 17.2 Å². The van der Waals surface area contributed by atoms with Crippen LogP contribution in [0.5, 0.6) is 17.2 Å². The van der Waals surface area contributed by atoms with Crippen molar-refractivity contribution in [2.45, 2.75) is 6.54 Å². The van der Waals surface area contributed by atoms with E-state index in [1.165, 1.54) is 0 Å². The highest BCUT2D eigenvalue weighted by molar-refractivity contribution is 5.91. The van der Waals surface area contributed by atoms with E-state index < -0.39 is 0 Å². The molecule has 0 radical (unpaired) electrons. The van der Waals surface area contributed by atoms with Crippen LogP contribution in [0.3, 0.4) is 0 Å². The molecule has 1 heterocycles. The van der Waals surface area contributed by atoms with Crippen LogP contribution in [0.4, 0.5) is 5.82 Å². The molecule has 0 bridgehead atoms. The molecule has 0 aliphatic rings. The first-order chi connectivity index (χ1) is 13.2. The summed E-state index contributed by atoms with van der Waals surface area (Å²) in [5.74, 6) is 2.40. The van der Waals surface area contributed by atoms with Crippen molar-refractivity contribution in [1.29, 1.82) is 0 Å². The van der Waals surface area contributed by atoms with Gasteiger partial charge in [0, 0.05) is 13.6 Å². The number of ether oxygens (including phenoxy) is 2. The van der Waals surface area contributed by atoms with Crippen molar-refractivity contribution in [1.82, 2.24) is 15.5 Å². The summed E-state index contributed by atoms with van der Waals surface area (Å²) < 4.78 is 11.1. The van der Waals surface area contributed by atoms with E-state index in [1.807, 2.05) is 48.5 Å². The molecule has 0 aliphatic carbocycles. The van der Waals surface area contributed by atoms with Crippen LogP contribution in [-0.2, 0) is 6.54 Å². The zero-order valence-corrected chi connectivity index (χ0v) is 15.1. The van der Waals surface area contributed by atoms with E-state index in [9.17, 15) is 4.79 Å². The van der Waals surface area contributed by atoms with Crippen molar-refractivity contribution in [2.24, 2.45) is 0 Å². The molecule has 0 saturated carbocycles. The number of amides is 1. The summed E-state index contributed by atoms with van der Waals surface area (Å²) in [4.78, 5) is 11.5. The summed E-state index contributed by atoms with van der Waals surface area (Å²) in [6.45, 7) is 0.572. The minimum Gasteiger partial charge on any atom is -0.493 e. The number of carbonyl (C=O) groups excluding carboxylic acids is 1. The Morgan fingerprint density at radius 1 is 0.963 bits per heavy atom. The number of nitrogens with one attached hydrogen (secondary N) is 2. The summed E-state index contributed by atoms with van der Waals surface area (Å²) in [7, 11) is 3.17. The lowest BCUT2D eigenvalue weighted by atomic mass is 10.2. The smallest absolute Gasteiger partial charge is 0.271 e. The molecule has 1 amide bonds. The van der Waals surface area contributed by atoms with Gasteiger partial charge in [0.2, 0.25) is 0 Å². The SMILES string of the molecule is CNC(=O)c1ccc(NCc2ccc(Oc3ccccc3OC)cc2)nn1. The predicted octanol–water partition coefficient (Wildman–Crippen LogP) is 3.25. The zero-order valence-electron chi connectivity index (χ0n) is 15.1. The molecule has 7 heteroatoms. The maximum atomic E-state index is 11.5. The van der Waals surface area contributed by atoms with Gasteiger partial charge < -0.3 is 20.1 Å². The van der Waals surface area contributed by atoms with Crippen molar-refractivity contribution < 1.29 is 14.3 Å². The molecule has 0 fully saturated rings. The van der Waals surface area contributed by atoms with Crippen molar-refractivity contribution in [3.05, 3.63) is 71.9 Å². The van der Waals surface area contributed by atoms with Crippen LogP contribution in [-0.4, -0.2) is 30.3 Å². The quantitative estimate of drug-likeness (QED) is 0.669. The predicted molar refractivity (Wildman–Crippen MR) is 102 cm³/mol. The maximum absolute atomic E-state index is 11.5. The molecule has 0 unspecified atom stereocenters. The van der Waals surface area contributed by atoms with Gasteiger partial charge in [-0.3, -0.25) is 4.79 Å². The molecule has 0 spiro atoms. The van der Waals surface area contributed by atoms with E-state index in [0.29, 0.717) is 23.9 Å². The number of hydrogen-bond donors (Lipinski definition) is 2. The van der Waals surface area contributed by atoms with Gasteiger partial charge in [-0.25, -0.2) is 0 Å². The number of carbonyl (C=O) groups is 1. The number of anilines is 1. The molecular formula is C20H20N4O3. The first-order valence-corrected chi connectivity index (χ1v) is 8.39. The highest BCUT2D eigenvalue weighted by Gasteiger charge is 2.06. The average Bonchev–Trinajstić information content (AvgIpc) is 2.73. The number of rotatable bonds is 7. The monoisotopic (exact) mass is 364 g/mol. The second kappa shape index (κ2) is 8.66. The Bertz CT molecular complexity index is 896. The average molecular weight is 364 g/mol. The first-order valence-electron chi connectivity index (χ1n) is 8.39. The molecule has 2 N–H and O–H groups in total. The topological polar surface area (TPSA) is 85.4 Å². The summed E-state index contributed by atoms with van der Waals surface area (Å²) in [6, 6.07) is 18.5. The van der Waals surface area contributed by atoms with Gasteiger partial charge in [0.05, 0.1) is 7.11 Å². The minimum absolute atomic E-state index is 0.264. The van der Waals surface area contributed by atoms with E-state index in [2.05, 4.69) is 20.8 Å². The Balaban J connectivity index is 1.58. The molecule has 7 nitrogen and oxygen atoms in total. The molecule has 0 aliphatic heterocycles. The van der Waals surface area contributed by atoms with E-state index in [4.69, 9.17) is 9.47 Å². The minimum atomic E-state index is -0.264. The largest absolute Gasteiger partial charge is 0.493 e. The number of hydrogen-bond acceptors (Lipinski definition) is 6. The molecule has 1 aromatic heterocycles. The van der Waals surface area contributed by atoms with Crippen LogP contribution in [0.1, 0.15) is 16.1 Å². The summed E-state index contributed by atoms with van der Waals surface area (Å²) >= 11 is 0. The molecule has 2 aromatic carbocycles. The van der Waals surface area contributed by atoms with Crippen LogP contribution < -0.4 is 20.1 Å². The van der Waals surface area contributed by atoms with Crippen molar-refractivity contribution in [3.63, 3.8) is 0 Å². The molecule has 3 rings (SSSR count). The van der Waals surface area contributed by atoms with Gasteiger partial charge in [-0.2, -0.15) is 0 Å². The molecule has 3 aromatic rings. The van der Waals surface area contributed by atoms with Crippen molar-refractivity contribution in [2.75, 3.05) is 19.5 Å². The summed E-state index contributed by atoms with van der Waals surface area (Å²) in [5, 5.41) is 13.6. The molecular weight excluding hydrogens is 344 g/mol. The zero-order chi connectivity index (χ0) is 19.1. The van der Waals surface area contributed by atoms with E-state index in [0.717, 1.165) is 11.3 Å². The fourth-order valence-electron chi connectivity index (χ4n) is 2.37. The van der Waals surface area contributed by atoms with Crippen LogP contribution in [0.25, 0.3) is 0 Å². The Hall–Kier alpha value is -3.61. The lowest BCUT2D eigenvalue weighted by Crippen LogP contribution is -2.19. The number of nitrogens with zero attached hydrogens (tertiary/aromatic N) is 2. The Morgan fingerprint density at radius 2 is 1.70 bits per heavy atom. The van der Waals surface area contributed by atoms with Gasteiger partial charge in [0.25, 0.3) is 5.91 Å². The fraction of sp³-hybridized carbons (Fsp3) is 0.150. The summed E-state index contributed by atoms with van der Waals surface area (Å²) in [6.07, 6.45) is 0. The van der Waals surface area contributed by atoms with Gasteiger partial charge >= 0.3 is 0 Å². The number of benzene rings is 2. The second-order valence-electron chi connectivity index (χ2n) is 5.63. The highest BCUT2D eigenvalue weighted by Crippen LogP contribution is 2.30. The van der Waals surface area contributed by atoms with Crippen LogP contribution >= 0.6 is 0 Å². The van der Waals surface area contributed by atoms with Crippen molar-refractivity contribution >= 4 is 11.7 Å². The van der Waals surface area contributed by atoms with Gasteiger partial charge in [0.15, 0.2) is 17.2 Å². The lowest BCUT2D eigenvalue weighted by Gasteiger charge is -2.10. The lowest BCUT2D eigenvalue weighted by molar-refractivity contribution is 0.0957. The Labute approximate surface area is 157 Å². The van der Waals surface area contributed by atoms with Gasteiger partial charge in [-0.1, -0.05) is 24.3 Å². The third kappa shape index (κ3) is 4.72. The van der Waals surface area contributed by atoms with E-state index in [-0.39, 0.29) is 11.6 Å². The highest BCUT2D eigenvalue weighted by atomic mass is 16.5. The third-order valence-electron chi connectivity index (χ3n) is 3.82. The Kier molecular flexibility index (Phi) is 5.84. The normalized spacial score (nSPS) is 10.1. The molecule has 27 heavy (non-hydrogen) atoms. The maximum Gasteiger partial charge on any atom is 0.271 e. The molecule has 0 saturated heterocycles. The number of aromatic nitrogens is 2. The first kappa shape index (κ1) is 18.2. The van der Waals surface area contributed by atoms with Gasteiger partial charge in [-0.15, -0.1) is 10.2 Å². The Morgan fingerprint density at radius 3 is 2.33 bits per heavy atom. The van der Waals surface area contributed by atoms with Gasteiger partial charge in [0.1, 0.15) is 11.6 Å². The summed E-state index contributed by atoms with van der Waals surface area (Å²) in [5.41, 5.74) is 1.33. The standard InChI is InChI=1S/C20H20N4O3/c1-21-20(25)16-11-12-19(24-23-16)22-13-14-7-9-15(10-8-14)27-18-6-4-3-5-17(18)26-2/h3-12H,13H2,1-2H3,(H,21,25)(H,22,24). The van der Waals surface area contributed by atoms with Gasteiger partial charge in [-0.05, 0) is 42.0 Å². The van der Waals surface area contributed by atoms with Crippen LogP contribution in [0, 0.1) is 0 Å². The van der Waals surface area contributed by atoms with Crippen LogP contribution in [0.2, 0.25) is 0 Å². The number of methoxy groups -OCH3 is 1. The van der Waals surface area contributed by atoms with Crippen LogP contribution in [0.15, 0.2) is 60.7 Å².